The number of halogens is 1. The molecular formula is C22H30ClN3O3. The molecule has 1 atom stereocenters. The molecule has 29 heavy (non-hydrogen) atoms. The molecule has 7 heteroatoms. The van der Waals surface area contributed by atoms with Crippen LogP contribution in [0.4, 0.5) is 0 Å². The first kappa shape index (κ1) is 20.6. The van der Waals surface area contributed by atoms with Gasteiger partial charge in [-0.2, -0.15) is 0 Å². The van der Waals surface area contributed by atoms with Crippen LogP contribution in [0.25, 0.3) is 0 Å². The van der Waals surface area contributed by atoms with Crippen LogP contribution >= 0.6 is 11.6 Å². The maximum atomic E-state index is 13.7. The summed E-state index contributed by atoms with van der Waals surface area (Å²) >= 11 is 6.35. The fourth-order valence-electron chi connectivity index (χ4n) is 4.77. The Morgan fingerprint density at radius 3 is 2.41 bits per heavy atom. The van der Waals surface area contributed by atoms with Crippen molar-refractivity contribution >= 4 is 23.4 Å². The molecule has 6 nitrogen and oxygen atoms in total. The molecule has 4 rings (SSSR count). The van der Waals surface area contributed by atoms with E-state index in [-0.39, 0.29) is 18.4 Å². The van der Waals surface area contributed by atoms with E-state index >= 15 is 0 Å². The molecular weight excluding hydrogens is 390 g/mol. The van der Waals surface area contributed by atoms with Crippen molar-refractivity contribution < 1.29 is 14.3 Å². The average molecular weight is 420 g/mol. The highest BCUT2D eigenvalue weighted by molar-refractivity contribution is 6.33. The summed E-state index contributed by atoms with van der Waals surface area (Å²) in [6, 6.07) is 6.49. The number of carbonyl (C=O) groups excluding carboxylic acids is 2. The van der Waals surface area contributed by atoms with Crippen LogP contribution in [0.1, 0.15) is 43.0 Å². The maximum absolute atomic E-state index is 13.7. The standard InChI is InChI=1S/C22H30ClN3O3/c1-16-7-9-22(10-8-16)26(20(27)17-5-3-4-6-18(17)23)19(15-29-22)21(28)25-13-11-24(2)12-14-25/h3-6,16,19H,7-15H2,1-2H3. The first-order chi connectivity index (χ1) is 13.9. The van der Waals surface area contributed by atoms with Crippen molar-refractivity contribution in [1.29, 1.82) is 0 Å². The van der Waals surface area contributed by atoms with Crippen LogP contribution in [0.15, 0.2) is 24.3 Å². The number of likely N-dealkylation sites (N-methyl/N-ethyl adjacent to an activating group) is 1. The van der Waals surface area contributed by atoms with Crippen LogP contribution in [0.5, 0.6) is 0 Å². The van der Waals surface area contributed by atoms with Crippen molar-refractivity contribution in [1.82, 2.24) is 14.7 Å². The minimum atomic E-state index is -0.699. The third-order valence-corrected chi connectivity index (χ3v) is 7.07. The number of hydrogen-bond acceptors (Lipinski definition) is 4. The molecule has 0 radical (unpaired) electrons. The third kappa shape index (κ3) is 3.90. The van der Waals surface area contributed by atoms with E-state index in [9.17, 15) is 9.59 Å². The summed E-state index contributed by atoms with van der Waals surface area (Å²) in [5.41, 5.74) is -0.260. The molecule has 3 fully saturated rings. The predicted octanol–water partition coefficient (Wildman–Crippen LogP) is 2.86. The summed E-state index contributed by atoms with van der Waals surface area (Å²) in [6.07, 6.45) is 3.50. The van der Waals surface area contributed by atoms with Gasteiger partial charge in [0.2, 0.25) is 5.91 Å². The number of ether oxygens (including phenoxy) is 1. The lowest BCUT2D eigenvalue weighted by Gasteiger charge is -2.44. The molecule has 0 bridgehead atoms. The van der Waals surface area contributed by atoms with Gasteiger partial charge in [-0.25, -0.2) is 0 Å². The maximum Gasteiger partial charge on any atom is 0.258 e. The molecule has 1 aromatic rings. The Morgan fingerprint density at radius 2 is 1.76 bits per heavy atom. The summed E-state index contributed by atoms with van der Waals surface area (Å²) in [6.45, 7) is 5.56. The van der Waals surface area contributed by atoms with E-state index in [1.54, 1.807) is 17.0 Å². The van der Waals surface area contributed by atoms with Crippen LogP contribution < -0.4 is 0 Å². The Kier molecular flexibility index (Phi) is 5.87. The Hall–Kier alpha value is -1.63. The second-order valence-corrected chi connectivity index (χ2v) is 9.15. The van der Waals surface area contributed by atoms with Crippen LogP contribution in [-0.4, -0.2) is 78.1 Å². The molecule has 3 aliphatic rings. The van der Waals surface area contributed by atoms with E-state index in [2.05, 4.69) is 18.9 Å². The number of piperazine rings is 1. The van der Waals surface area contributed by atoms with Crippen LogP contribution in [0, 0.1) is 5.92 Å². The number of benzene rings is 1. The quantitative estimate of drug-likeness (QED) is 0.739. The zero-order valence-corrected chi connectivity index (χ0v) is 18.0. The highest BCUT2D eigenvalue weighted by Crippen LogP contribution is 2.43. The van der Waals surface area contributed by atoms with Gasteiger partial charge in [-0.3, -0.25) is 14.5 Å². The largest absolute Gasteiger partial charge is 0.353 e. The van der Waals surface area contributed by atoms with Crippen molar-refractivity contribution in [3.05, 3.63) is 34.9 Å². The van der Waals surface area contributed by atoms with Gasteiger partial charge < -0.3 is 14.5 Å². The summed E-state index contributed by atoms with van der Waals surface area (Å²) < 4.78 is 6.27. The number of amides is 2. The van der Waals surface area contributed by atoms with Crippen molar-refractivity contribution in [2.75, 3.05) is 39.8 Å². The van der Waals surface area contributed by atoms with Crippen LogP contribution in [0.2, 0.25) is 5.02 Å². The predicted molar refractivity (Wildman–Crippen MR) is 112 cm³/mol. The van der Waals surface area contributed by atoms with Crippen molar-refractivity contribution in [2.45, 2.75) is 44.4 Å². The molecule has 1 aromatic carbocycles. The molecule has 158 valence electrons. The van der Waals surface area contributed by atoms with E-state index in [4.69, 9.17) is 16.3 Å². The molecule has 1 saturated carbocycles. The van der Waals surface area contributed by atoms with Gasteiger partial charge >= 0.3 is 0 Å². The van der Waals surface area contributed by atoms with E-state index in [0.29, 0.717) is 29.6 Å². The first-order valence-corrected chi connectivity index (χ1v) is 11.0. The molecule has 2 amide bonds. The summed E-state index contributed by atoms with van der Waals surface area (Å²) in [5, 5.41) is 0.412. The van der Waals surface area contributed by atoms with E-state index in [0.717, 1.165) is 38.8 Å². The van der Waals surface area contributed by atoms with Gasteiger partial charge in [0.15, 0.2) is 0 Å². The van der Waals surface area contributed by atoms with Gasteiger partial charge in [0, 0.05) is 26.2 Å². The monoisotopic (exact) mass is 419 g/mol. The normalized spacial score (nSPS) is 30.7. The average Bonchev–Trinajstić information content (AvgIpc) is 3.09. The van der Waals surface area contributed by atoms with Crippen molar-refractivity contribution in [3.63, 3.8) is 0 Å². The second kappa shape index (κ2) is 8.25. The first-order valence-electron chi connectivity index (χ1n) is 10.6. The Balaban J connectivity index is 1.64. The van der Waals surface area contributed by atoms with Crippen molar-refractivity contribution in [2.24, 2.45) is 5.92 Å². The highest BCUT2D eigenvalue weighted by atomic mass is 35.5. The van der Waals surface area contributed by atoms with Gasteiger partial charge in [-0.1, -0.05) is 30.7 Å². The topological polar surface area (TPSA) is 53.1 Å². The minimum Gasteiger partial charge on any atom is -0.353 e. The van der Waals surface area contributed by atoms with Gasteiger partial charge in [0.1, 0.15) is 11.8 Å². The number of hydrogen-bond donors (Lipinski definition) is 0. The lowest BCUT2D eigenvalue weighted by atomic mass is 9.83. The summed E-state index contributed by atoms with van der Waals surface area (Å²) in [5.74, 6) is 0.401. The van der Waals surface area contributed by atoms with E-state index in [1.807, 2.05) is 17.0 Å². The van der Waals surface area contributed by atoms with Crippen LogP contribution in [-0.2, 0) is 9.53 Å². The Bertz CT molecular complexity index is 770. The van der Waals surface area contributed by atoms with E-state index < -0.39 is 11.8 Å². The third-order valence-electron chi connectivity index (χ3n) is 6.74. The Morgan fingerprint density at radius 1 is 1.10 bits per heavy atom. The fourth-order valence-corrected chi connectivity index (χ4v) is 4.99. The summed E-state index contributed by atoms with van der Waals surface area (Å²) in [4.78, 5) is 32.9. The molecule has 1 spiro atoms. The summed E-state index contributed by atoms with van der Waals surface area (Å²) in [7, 11) is 2.06. The highest BCUT2D eigenvalue weighted by Gasteiger charge is 2.54. The molecule has 1 unspecified atom stereocenters. The number of rotatable bonds is 2. The number of nitrogens with zero attached hydrogens (tertiary/aromatic N) is 3. The van der Waals surface area contributed by atoms with Gasteiger partial charge in [0.05, 0.1) is 17.2 Å². The van der Waals surface area contributed by atoms with Gasteiger partial charge in [0.25, 0.3) is 5.91 Å². The second-order valence-electron chi connectivity index (χ2n) is 8.74. The molecule has 2 aliphatic heterocycles. The SMILES string of the molecule is CC1CCC2(CC1)OCC(C(=O)N1CCN(C)CC1)N2C(=O)c1ccccc1Cl. The molecule has 1 aliphatic carbocycles. The lowest BCUT2D eigenvalue weighted by Crippen LogP contribution is -2.59. The smallest absolute Gasteiger partial charge is 0.258 e. The zero-order chi connectivity index (χ0) is 20.6. The van der Waals surface area contributed by atoms with Gasteiger partial charge in [-0.15, -0.1) is 0 Å². The molecule has 2 saturated heterocycles. The zero-order valence-electron chi connectivity index (χ0n) is 17.3. The lowest BCUT2D eigenvalue weighted by molar-refractivity contribution is -0.139. The molecule has 2 heterocycles. The fraction of sp³-hybridized carbons (Fsp3) is 0.636. The molecule has 0 N–H and O–H groups in total. The Labute approximate surface area is 177 Å². The number of carbonyl (C=O) groups is 2. The van der Waals surface area contributed by atoms with Gasteiger partial charge in [-0.05, 0) is 50.8 Å². The van der Waals surface area contributed by atoms with E-state index in [1.165, 1.54) is 0 Å². The molecule has 0 aromatic heterocycles. The van der Waals surface area contributed by atoms with Crippen molar-refractivity contribution in [3.8, 4) is 0 Å². The minimum absolute atomic E-state index is 0.00556. The van der Waals surface area contributed by atoms with Crippen LogP contribution in [0.3, 0.4) is 0 Å².